The molecule has 1 aliphatic rings. The number of aliphatic hydroxyl groups excluding tert-OH is 1. The first-order valence-corrected chi connectivity index (χ1v) is 6.83. The monoisotopic (exact) mass is 264 g/mol. The highest BCUT2D eigenvalue weighted by Gasteiger charge is 2.14. The summed E-state index contributed by atoms with van der Waals surface area (Å²) in [5, 5.41) is 10.0. The van der Waals surface area contributed by atoms with E-state index in [2.05, 4.69) is 9.98 Å². The molecule has 2 rings (SSSR count). The van der Waals surface area contributed by atoms with Crippen LogP contribution in [0.5, 0.6) is 0 Å². The van der Waals surface area contributed by atoms with Gasteiger partial charge in [-0.2, -0.15) is 0 Å². The number of aromatic nitrogens is 1. The fourth-order valence-corrected chi connectivity index (χ4v) is 2.95. The lowest BCUT2D eigenvalue weighted by Crippen LogP contribution is -2.01. The lowest BCUT2D eigenvalue weighted by Gasteiger charge is -2.06. The normalized spacial score (nSPS) is 16.6. The van der Waals surface area contributed by atoms with Gasteiger partial charge in [0.15, 0.2) is 5.78 Å². The fraction of sp³-hybridized carbons (Fsp3) is 0.462. The number of nitrogens with zero attached hydrogens (tertiary/aromatic N) is 2. The summed E-state index contributed by atoms with van der Waals surface area (Å²) in [6, 6.07) is 0. The van der Waals surface area contributed by atoms with Gasteiger partial charge < -0.3 is 5.11 Å². The molecule has 1 heterocycles. The van der Waals surface area contributed by atoms with E-state index in [0.29, 0.717) is 5.13 Å². The summed E-state index contributed by atoms with van der Waals surface area (Å²) in [5.41, 5.74) is 1.38. The molecule has 4 nitrogen and oxygen atoms in total. The van der Waals surface area contributed by atoms with Crippen molar-refractivity contribution < 1.29 is 9.90 Å². The predicted molar refractivity (Wildman–Crippen MR) is 72.9 cm³/mol. The highest BCUT2D eigenvalue weighted by molar-refractivity contribution is 7.15. The molecule has 1 aromatic rings. The van der Waals surface area contributed by atoms with Gasteiger partial charge in [0.1, 0.15) is 5.76 Å². The minimum absolute atomic E-state index is 0.00688. The van der Waals surface area contributed by atoms with Gasteiger partial charge in [0.25, 0.3) is 0 Å². The van der Waals surface area contributed by atoms with Gasteiger partial charge >= 0.3 is 0 Å². The minimum Gasteiger partial charge on any atom is -0.512 e. The van der Waals surface area contributed by atoms with Crippen molar-refractivity contribution >= 4 is 28.5 Å². The number of rotatable bonds is 3. The highest BCUT2D eigenvalue weighted by Crippen LogP contribution is 2.31. The molecule has 0 saturated carbocycles. The van der Waals surface area contributed by atoms with Crippen molar-refractivity contribution in [3.05, 3.63) is 21.9 Å². The lowest BCUT2D eigenvalue weighted by molar-refractivity contribution is -0.113. The van der Waals surface area contributed by atoms with E-state index in [-0.39, 0.29) is 17.1 Å². The third-order valence-corrected chi connectivity index (χ3v) is 3.97. The molecular weight excluding hydrogens is 248 g/mol. The summed E-state index contributed by atoms with van der Waals surface area (Å²) in [7, 11) is 0. The summed E-state index contributed by atoms with van der Waals surface area (Å²) in [5.74, 6) is -0.201. The molecule has 0 atom stereocenters. The Balaban J connectivity index is 2.21. The third-order valence-electron chi connectivity index (χ3n) is 2.91. The molecule has 0 aromatic carbocycles. The summed E-state index contributed by atoms with van der Waals surface area (Å²) in [4.78, 5) is 21.2. The average molecular weight is 264 g/mol. The molecule has 0 saturated heterocycles. The van der Waals surface area contributed by atoms with E-state index < -0.39 is 0 Å². The predicted octanol–water partition coefficient (Wildman–Crippen LogP) is 3.15. The second-order valence-corrected chi connectivity index (χ2v) is 5.45. The number of aryl methyl sites for hydroxylation is 2. The first-order valence-electron chi connectivity index (χ1n) is 6.01. The number of hydrogen-bond donors (Lipinski definition) is 1. The Kier molecular flexibility index (Phi) is 3.91. The molecule has 0 bridgehead atoms. The van der Waals surface area contributed by atoms with Crippen LogP contribution in [0.4, 0.5) is 5.13 Å². The molecule has 0 fully saturated rings. The van der Waals surface area contributed by atoms with Gasteiger partial charge in [-0.3, -0.25) is 4.79 Å². The van der Waals surface area contributed by atoms with Crippen LogP contribution in [0.15, 0.2) is 16.3 Å². The largest absolute Gasteiger partial charge is 0.512 e. The van der Waals surface area contributed by atoms with Crippen molar-refractivity contribution in [2.45, 2.75) is 39.5 Å². The van der Waals surface area contributed by atoms with E-state index in [4.69, 9.17) is 0 Å². The Morgan fingerprint density at radius 3 is 2.72 bits per heavy atom. The molecule has 0 radical (unpaired) electrons. The molecular formula is C13H16N2O2S. The number of thiazole rings is 1. The zero-order chi connectivity index (χ0) is 13.1. The number of carbonyl (C=O) groups excluding carboxylic acids is 1. The van der Waals surface area contributed by atoms with E-state index in [1.807, 2.05) is 0 Å². The maximum absolute atomic E-state index is 11.3. The standard InChI is InChI=1S/C13H16N2O2S/c1-8(16)10(9(2)17)7-14-13-15-11-5-3-4-6-12(11)18-13/h7,16H,3-6H2,1-2H3/b10-8+,14-7+. The number of fused-ring (bicyclic) bond motifs is 1. The number of allylic oxidation sites excluding steroid dienone is 2. The van der Waals surface area contributed by atoms with Crippen molar-refractivity contribution in [2.24, 2.45) is 4.99 Å². The van der Waals surface area contributed by atoms with Crippen molar-refractivity contribution in [3.8, 4) is 0 Å². The molecule has 0 aliphatic heterocycles. The Hall–Kier alpha value is -1.49. The molecule has 0 unspecified atom stereocenters. The van der Waals surface area contributed by atoms with E-state index in [1.54, 1.807) is 11.3 Å². The van der Waals surface area contributed by atoms with Crippen molar-refractivity contribution in [3.63, 3.8) is 0 Å². The van der Waals surface area contributed by atoms with Crippen LogP contribution in [0.3, 0.4) is 0 Å². The number of aliphatic hydroxyl groups is 1. The summed E-state index contributed by atoms with van der Waals surface area (Å²) in [6.07, 6.45) is 5.91. The van der Waals surface area contributed by atoms with E-state index in [0.717, 1.165) is 18.5 Å². The molecule has 1 aliphatic carbocycles. The molecule has 1 N–H and O–H groups in total. The van der Waals surface area contributed by atoms with Crippen molar-refractivity contribution in [1.82, 2.24) is 4.98 Å². The SMILES string of the molecule is CC(=O)C(/C=N/c1nc2c(s1)CCCC2)=C(\C)O. The molecule has 5 heteroatoms. The quantitative estimate of drug-likeness (QED) is 0.518. The van der Waals surface area contributed by atoms with Crippen LogP contribution in [-0.4, -0.2) is 22.1 Å². The van der Waals surface area contributed by atoms with E-state index in [9.17, 15) is 9.90 Å². The van der Waals surface area contributed by atoms with E-state index in [1.165, 1.54) is 37.8 Å². The topological polar surface area (TPSA) is 62.5 Å². The number of Topliss-reactive ketones (excluding diaryl/α,β-unsaturated/α-hetero) is 1. The summed E-state index contributed by atoms with van der Waals surface area (Å²) >= 11 is 1.58. The number of ketones is 1. The molecule has 18 heavy (non-hydrogen) atoms. The van der Waals surface area contributed by atoms with Gasteiger partial charge in [0.2, 0.25) is 5.13 Å². The maximum Gasteiger partial charge on any atom is 0.209 e. The molecule has 96 valence electrons. The smallest absolute Gasteiger partial charge is 0.209 e. The number of hydrogen-bond acceptors (Lipinski definition) is 5. The zero-order valence-electron chi connectivity index (χ0n) is 10.6. The second kappa shape index (κ2) is 5.44. The summed E-state index contributed by atoms with van der Waals surface area (Å²) < 4.78 is 0. The van der Waals surface area contributed by atoms with Crippen LogP contribution in [0.25, 0.3) is 0 Å². The second-order valence-electron chi connectivity index (χ2n) is 4.39. The van der Waals surface area contributed by atoms with Crippen LogP contribution >= 0.6 is 11.3 Å². The molecule has 0 amide bonds. The van der Waals surface area contributed by atoms with E-state index >= 15 is 0 Å². The van der Waals surface area contributed by atoms with Gasteiger partial charge in [0, 0.05) is 11.1 Å². The Bertz CT molecular complexity index is 502. The Morgan fingerprint density at radius 2 is 2.11 bits per heavy atom. The van der Waals surface area contributed by atoms with Crippen molar-refractivity contribution in [1.29, 1.82) is 0 Å². The third kappa shape index (κ3) is 2.85. The fourth-order valence-electron chi connectivity index (χ4n) is 1.95. The average Bonchev–Trinajstić information content (AvgIpc) is 2.70. The Labute approximate surface area is 110 Å². The first-order chi connectivity index (χ1) is 8.58. The zero-order valence-corrected chi connectivity index (χ0v) is 11.4. The van der Waals surface area contributed by atoms with Crippen LogP contribution in [0, 0.1) is 0 Å². The van der Waals surface area contributed by atoms with Gasteiger partial charge in [-0.1, -0.05) is 11.3 Å². The van der Waals surface area contributed by atoms with Crippen molar-refractivity contribution in [2.75, 3.05) is 0 Å². The van der Waals surface area contributed by atoms with Gasteiger partial charge in [-0.25, -0.2) is 9.98 Å². The summed E-state index contributed by atoms with van der Waals surface area (Å²) in [6.45, 7) is 2.89. The number of carbonyl (C=O) groups is 1. The van der Waals surface area contributed by atoms with Gasteiger partial charge in [0.05, 0.1) is 11.3 Å². The van der Waals surface area contributed by atoms with Crippen LogP contribution in [0.2, 0.25) is 0 Å². The first kappa shape index (κ1) is 13.0. The highest BCUT2D eigenvalue weighted by atomic mass is 32.1. The minimum atomic E-state index is -0.194. The van der Waals surface area contributed by atoms with Crippen LogP contribution in [-0.2, 0) is 17.6 Å². The van der Waals surface area contributed by atoms with Gasteiger partial charge in [-0.15, -0.1) is 0 Å². The van der Waals surface area contributed by atoms with Gasteiger partial charge in [-0.05, 0) is 39.5 Å². The number of aliphatic imine (C=N–C) groups is 1. The lowest BCUT2D eigenvalue weighted by atomic mass is 10.0. The Morgan fingerprint density at radius 1 is 1.39 bits per heavy atom. The maximum atomic E-state index is 11.3. The van der Waals surface area contributed by atoms with Crippen LogP contribution in [0.1, 0.15) is 37.3 Å². The molecule has 1 aromatic heterocycles. The van der Waals surface area contributed by atoms with Crippen LogP contribution < -0.4 is 0 Å². The molecule has 0 spiro atoms.